The van der Waals surface area contributed by atoms with Gasteiger partial charge >= 0.3 is 0 Å². The third kappa shape index (κ3) is 3.96. The number of likely N-dealkylation sites (N-methyl/N-ethyl adjacent to an activating group) is 1. The molecule has 0 aliphatic heterocycles. The Morgan fingerprint density at radius 3 is 2.34 bits per heavy atom. The molecule has 0 saturated heterocycles. The minimum atomic E-state index is -2.99. The Hall–Kier alpha value is -4.45. The number of nitrogens with zero attached hydrogens (tertiary/aromatic N) is 1. The Morgan fingerprint density at radius 2 is 1.76 bits per heavy atom. The Bertz CT molecular complexity index is 1570. The topological polar surface area (TPSA) is 191 Å². The van der Waals surface area contributed by atoms with Crippen LogP contribution in [0.2, 0.25) is 0 Å². The van der Waals surface area contributed by atoms with E-state index in [0.29, 0.717) is 29.1 Å². The van der Waals surface area contributed by atoms with Crippen molar-refractivity contribution in [3.8, 4) is 11.5 Å². The van der Waals surface area contributed by atoms with Crippen molar-refractivity contribution in [3.63, 3.8) is 0 Å². The lowest BCUT2D eigenvalue weighted by molar-refractivity contribution is -0.166. The predicted molar refractivity (Wildman–Crippen MR) is 147 cm³/mol. The van der Waals surface area contributed by atoms with E-state index in [1.807, 2.05) is 6.92 Å². The van der Waals surface area contributed by atoms with E-state index in [9.17, 15) is 39.9 Å². The number of carbonyl (C=O) groups is 3. The highest BCUT2D eigenvalue weighted by atomic mass is 16.5. The van der Waals surface area contributed by atoms with Gasteiger partial charge in [-0.05, 0) is 55.9 Å². The number of ether oxygens (including phenoxy) is 1. The van der Waals surface area contributed by atoms with Crippen molar-refractivity contribution in [3.05, 3.63) is 76.1 Å². The first-order valence-corrected chi connectivity index (χ1v) is 13.0. The number of aromatic hydroxyl groups is 1. The van der Waals surface area contributed by atoms with Crippen LogP contribution in [-0.4, -0.2) is 86.4 Å². The molecule has 2 aromatic carbocycles. The van der Waals surface area contributed by atoms with Gasteiger partial charge < -0.3 is 36.0 Å². The highest BCUT2D eigenvalue weighted by Crippen LogP contribution is 2.56. The Labute approximate surface area is 235 Å². The van der Waals surface area contributed by atoms with Gasteiger partial charge in [-0.25, -0.2) is 0 Å². The third-order valence-corrected chi connectivity index (χ3v) is 8.04. The monoisotopic (exact) mass is 562 g/mol. The van der Waals surface area contributed by atoms with Crippen LogP contribution in [0, 0.1) is 11.8 Å². The average Bonchev–Trinajstić information content (AvgIpc) is 2.91. The molecule has 11 heteroatoms. The minimum absolute atomic E-state index is 0.117. The molecule has 5 atom stereocenters. The maximum Gasteiger partial charge on any atom is 0.255 e. The molecule has 11 nitrogen and oxygen atoms in total. The summed E-state index contributed by atoms with van der Waals surface area (Å²) in [5.41, 5.74) is 2.04. The number of rotatable bonds is 5. The maximum atomic E-state index is 14.2. The fourth-order valence-corrected chi connectivity index (χ4v) is 6.32. The molecule has 1 amide bonds. The standard InChI is InChI=1S/C30H30N2O9/c1-4-41-14-10-8-13(9-11-14)12-16-15-6-5-7-17(33)18(15)24(34)20-19(16)25(35)22-23(32(2)3)26(36)21(29(31)39)28(38)30(22,40)27(20)37/h5-12,19,22-23,25,33-35,38,40H,4H2,1-3H3,(H2,31,39)/b16-12+/t19-,22-,23+,25+,30+/m1/s1. The second-order valence-corrected chi connectivity index (χ2v) is 10.5. The number of benzene rings is 2. The Balaban J connectivity index is 1.81. The first kappa shape index (κ1) is 28.1. The number of phenols is 1. The van der Waals surface area contributed by atoms with Crippen molar-refractivity contribution in [2.75, 3.05) is 20.7 Å². The number of primary amides is 1. The van der Waals surface area contributed by atoms with Crippen LogP contribution in [0.1, 0.15) is 23.6 Å². The zero-order chi connectivity index (χ0) is 30.0. The van der Waals surface area contributed by atoms with Gasteiger partial charge in [-0.15, -0.1) is 0 Å². The number of aliphatic hydroxyl groups is 4. The molecule has 1 saturated carbocycles. The second kappa shape index (κ2) is 9.88. The molecule has 214 valence electrons. The number of ketones is 2. The Kier molecular flexibility index (Phi) is 6.77. The molecule has 0 heterocycles. The number of fused-ring (bicyclic) bond motifs is 3. The molecule has 0 aromatic heterocycles. The van der Waals surface area contributed by atoms with Gasteiger partial charge in [-0.2, -0.15) is 0 Å². The van der Waals surface area contributed by atoms with Gasteiger partial charge in [0.15, 0.2) is 11.4 Å². The summed E-state index contributed by atoms with van der Waals surface area (Å²) in [5.74, 6) is -8.29. The summed E-state index contributed by atoms with van der Waals surface area (Å²) in [6, 6.07) is 9.93. The van der Waals surface area contributed by atoms with Crippen LogP contribution >= 0.6 is 0 Å². The van der Waals surface area contributed by atoms with Gasteiger partial charge in [0.05, 0.1) is 35.8 Å². The molecule has 0 spiro atoms. The van der Waals surface area contributed by atoms with Gasteiger partial charge in [0.25, 0.3) is 5.91 Å². The summed E-state index contributed by atoms with van der Waals surface area (Å²) in [5, 5.41) is 56.9. The molecule has 5 rings (SSSR count). The predicted octanol–water partition coefficient (Wildman–Crippen LogP) is 1.33. The molecule has 1 fully saturated rings. The van der Waals surface area contributed by atoms with Gasteiger partial charge in [0.1, 0.15) is 28.6 Å². The van der Waals surface area contributed by atoms with Gasteiger partial charge in [-0.1, -0.05) is 30.3 Å². The normalized spacial score (nSPS) is 28.5. The number of carbonyl (C=O) groups excluding carboxylic acids is 3. The number of hydrogen-bond donors (Lipinski definition) is 6. The number of aliphatic hydroxyl groups excluding tert-OH is 3. The number of hydrogen-bond acceptors (Lipinski definition) is 10. The zero-order valence-corrected chi connectivity index (χ0v) is 22.5. The van der Waals surface area contributed by atoms with Crippen LogP contribution in [0.3, 0.4) is 0 Å². The smallest absolute Gasteiger partial charge is 0.255 e. The molecular weight excluding hydrogens is 532 g/mol. The molecule has 3 aliphatic carbocycles. The number of phenolic OH excluding ortho intramolecular Hbond substituents is 1. The Morgan fingerprint density at radius 1 is 1.10 bits per heavy atom. The van der Waals surface area contributed by atoms with Crippen molar-refractivity contribution in [1.29, 1.82) is 0 Å². The van der Waals surface area contributed by atoms with Gasteiger partial charge in [0.2, 0.25) is 5.78 Å². The maximum absolute atomic E-state index is 14.2. The highest BCUT2D eigenvalue weighted by molar-refractivity contribution is 6.25. The van der Waals surface area contributed by atoms with Crippen molar-refractivity contribution in [2.45, 2.75) is 24.7 Å². The fourth-order valence-electron chi connectivity index (χ4n) is 6.32. The van der Waals surface area contributed by atoms with E-state index in [4.69, 9.17) is 10.5 Å². The number of Topliss-reactive ketones (excluding diaryl/α,β-unsaturated/α-hetero) is 2. The molecular formula is C30H30N2O9. The van der Waals surface area contributed by atoms with Crippen LogP contribution in [-0.2, 0) is 14.4 Å². The van der Waals surface area contributed by atoms with Crippen LogP contribution in [0.25, 0.3) is 17.4 Å². The van der Waals surface area contributed by atoms with Crippen LogP contribution in [0.5, 0.6) is 11.5 Å². The first-order chi connectivity index (χ1) is 19.4. The highest BCUT2D eigenvalue weighted by Gasteiger charge is 2.68. The van der Waals surface area contributed by atoms with E-state index >= 15 is 0 Å². The van der Waals surface area contributed by atoms with Crippen LogP contribution < -0.4 is 10.5 Å². The van der Waals surface area contributed by atoms with E-state index in [2.05, 4.69) is 0 Å². The molecule has 7 N–H and O–H groups in total. The summed E-state index contributed by atoms with van der Waals surface area (Å²) in [4.78, 5) is 41.1. The summed E-state index contributed by atoms with van der Waals surface area (Å²) in [7, 11) is 2.91. The summed E-state index contributed by atoms with van der Waals surface area (Å²) >= 11 is 0. The lowest BCUT2D eigenvalue weighted by Gasteiger charge is -2.53. The van der Waals surface area contributed by atoms with Crippen molar-refractivity contribution in [2.24, 2.45) is 17.6 Å². The largest absolute Gasteiger partial charge is 0.508 e. The summed E-state index contributed by atoms with van der Waals surface area (Å²) < 4.78 is 5.50. The molecule has 3 aliphatic rings. The lowest BCUT2D eigenvalue weighted by atomic mass is 9.55. The fraction of sp³-hybridized carbons (Fsp3) is 0.300. The SMILES string of the molecule is CCOc1ccc(/C=C2\c3cccc(O)c3C(O)=C3C(=O)[C@]4(O)C(O)=C(C(N)=O)C(=O)[C@@H](N(C)C)[C@@H]4[C@@H](O)[C@@H]32)cc1. The minimum Gasteiger partial charge on any atom is -0.508 e. The second-order valence-electron chi connectivity index (χ2n) is 10.5. The lowest BCUT2D eigenvalue weighted by Crippen LogP contribution is -2.70. The van der Waals surface area contributed by atoms with Gasteiger partial charge in [0, 0.05) is 5.92 Å². The zero-order valence-electron chi connectivity index (χ0n) is 22.5. The average molecular weight is 563 g/mol. The van der Waals surface area contributed by atoms with Crippen LogP contribution in [0.15, 0.2) is 59.4 Å². The van der Waals surface area contributed by atoms with Gasteiger partial charge in [-0.3, -0.25) is 19.3 Å². The van der Waals surface area contributed by atoms with Crippen molar-refractivity contribution >= 4 is 34.9 Å². The number of amides is 1. The number of nitrogens with two attached hydrogens (primary N) is 1. The molecule has 41 heavy (non-hydrogen) atoms. The van der Waals surface area contributed by atoms with E-state index < -0.39 is 69.7 Å². The van der Waals surface area contributed by atoms with E-state index in [1.54, 1.807) is 36.4 Å². The first-order valence-electron chi connectivity index (χ1n) is 13.0. The van der Waals surface area contributed by atoms with E-state index in [-0.39, 0.29) is 11.3 Å². The van der Waals surface area contributed by atoms with Crippen molar-refractivity contribution < 1.29 is 44.7 Å². The van der Waals surface area contributed by atoms with Crippen LogP contribution in [0.4, 0.5) is 0 Å². The molecule has 2 aromatic rings. The third-order valence-electron chi connectivity index (χ3n) is 8.04. The van der Waals surface area contributed by atoms with E-state index in [1.165, 1.54) is 31.1 Å². The molecule has 0 bridgehead atoms. The van der Waals surface area contributed by atoms with Crippen molar-refractivity contribution in [1.82, 2.24) is 4.90 Å². The summed E-state index contributed by atoms with van der Waals surface area (Å²) in [6.07, 6.45) is -0.0848. The van der Waals surface area contributed by atoms with E-state index in [0.717, 1.165) is 0 Å². The molecule has 0 radical (unpaired) electrons. The molecule has 0 unspecified atom stereocenters. The summed E-state index contributed by atoms with van der Waals surface area (Å²) in [6.45, 7) is 2.31. The quantitative estimate of drug-likeness (QED) is 0.290.